The molecule has 6 rings (SSSR count). The number of rotatable bonds is 2. The summed E-state index contributed by atoms with van der Waals surface area (Å²) in [5, 5.41) is 24.9. The largest absolute Gasteiger partial charge is 0.395 e. The molecule has 2 aliphatic heterocycles. The summed E-state index contributed by atoms with van der Waals surface area (Å²) in [6.45, 7) is 12.6. The average molecular weight is 520 g/mol. The molecule has 2 aromatic heterocycles. The molecular formula is C32H30B2N6. The van der Waals surface area contributed by atoms with Crippen molar-refractivity contribution >= 4 is 60.7 Å². The Morgan fingerprint density at radius 2 is 1.02 bits per heavy atom. The third-order valence-corrected chi connectivity index (χ3v) is 9.10. The predicted molar refractivity (Wildman–Crippen MR) is 168 cm³/mol. The average Bonchev–Trinajstić information content (AvgIpc) is 3.55. The number of nitrogens with zero attached hydrogens (tertiary/aromatic N) is 6. The summed E-state index contributed by atoms with van der Waals surface area (Å²) in [5.41, 5.74) is 7.85. The highest BCUT2D eigenvalue weighted by molar-refractivity contribution is 6.33. The zero-order chi connectivity index (χ0) is 28.7. The second-order valence-corrected chi connectivity index (χ2v) is 11.9. The number of benzene rings is 2. The Kier molecular flexibility index (Phi) is 5.45. The van der Waals surface area contributed by atoms with Crippen LogP contribution >= 0.6 is 0 Å². The number of aromatic nitrogens is 2. The van der Waals surface area contributed by atoms with Gasteiger partial charge in [0.05, 0.1) is 44.6 Å². The van der Waals surface area contributed by atoms with Crippen molar-refractivity contribution in [2.45, 2.75) is 52.4 Å². The van der Waals surface area contributed by atoms with Crippen LogP contribution in [0.3, 0.4) is 0 Å². The van der Waals surface area contributed by atoms with E-state index in [-0.39, 0.29) is 0 Å². The number of nitriles is 2. The lowest BCUT2D eigenvalue weighted by molar-refractivity contribution is 0.741. The Morgan fingerprint density at radius 3 is 1.35 bits per heavy atom. The van der Waals surface area contributed by atoms with Crippen LogP contribution in [0.5, 0.6) is 0 Å². The molecule has 8 heteroatoms. The zero-order valence-electron chi connectivity index (χ0n) is 24.3. The Labute approximate surface area is 236 Å². The molecule has 0 atom stereocenters. The fourth-order valence-electron chi connectivity index (χ4n) is 6.68. The van der Waals surface area contributed by atoms with Crippen LogP contribution in [0, 0.1) is 36.5 Å². The normalized spacial score (nSPS) is 17.9. The van der Waals surface area contributed by atoms with Gasteiger partial charge in [0.1, 0.15) is 12.1 Å². The number of aryl methyl sites for hydroxylation is 2. The lowest BCUT2D eigenvalue weighted by Gasteiger charge is -2.22. The Bertz CT molecular complexity index is 1920. The Hall–Kier alpha value is -4.55. The van der Waals surface area contributed by atoms with Crippen molar-refractivity contribution in [1.82, 2.24) is 8.96 Å². The highest BCUT2D eigenvalue weighted by atomic mass is 14.9. The molecule has 0 spiro atoms. The van der Waals surface area contributed by atoms with Crippen molar-refractivity contribution in [3.63, 3.8) is 0 Å². The fourth-order valence-corrected chi connectivity index (χ4v) is 6.68. The number of para-hydroxylation sites is 2. The van der Waals surface area contributed by atoms with Crippen molar-refractivity contribution in [2.24, 2.45) is 9.98 Å². The van der Waals surface area contributed by atoms with Crippen LogP contribution in [-0.4, -0.2) is 36.3 Å². The minimum atomic E-state index is -0.421. The van der Waals surface area contributed by atoms with Gasteiger partial charge in [-0.3, -0.25) is 9.98 Å². The third kappa shape index (κ3) is 3.17. The summed E-state index contributed by atoms with van der Waals surface area (Å²) >= 11 is 0. The molecule has 0 unspecified atom stereocenters. The Morgan fingerprint density at radius 1 is 0.675 bits per heavy atom. The molecule has 0 amide bonds. The first-order valence-corrected chi connectivity index (χ1v) is 13.5. The first-order valence-electron chi connectivity index (χ1n) is 13.5. The lowest BCUT2D eigenvalue weighted by atomic mass is 9.78. The van der Waals surface area contributed by atoms with Gasteiger partial charge in [-0.15, -0.1) is 0 Å². The minimum absolute atomic E-state index is 0.421. The number of aliphatic imine (C=N–C) groups is 2. The topological polar surface area (TPSA) is 82.2 Å². The van der Waals surface area contributed by atoms with Crippen LogP contribution in [0.15, 0.2) is 58.5 Å². The van der Waals surface area contributed by atoms with E-state index in [1.165, 1.54) is 0 Å². The van der Waals surface area contributed by atoms with E-state index in [2.05, 4.69) is 74.8 Å². The monoisotopic (exact) mass is 520 g/mol. The van der Waals surface area contributed by atoms with Crippen LogP contribution in [0.4, 0.5) is 11.4 Å². The van der Waals surface area contributed by atoms with Gasteiger partial charge in [-0.05, 0) is 37.1 Å². The highest BCUT2D eigenvalue weighted by Crippen LogP contribution is 2.43. The minimum Gasteiger partial charge on any atom is -0.395 e. The zero-order valence-corrected chi connectivity index (χ0v) is 24.3. The maximum atomic E-state index is 10.6. The number of fused-ring (bicyclic) bond motifs is 3. The predicted octanol–water partition coefficient (Wildman–Crippen LogP) is 3.33. The summed E-state index contributed by atoms with van der Waals surface area (Å²) in [6, 6.07) is 21.3. The SMILES string of the molecule is Bn1c(C)c2/c(=C(\C#N)C3=Nc4ccccc4C3(C)C)n(B)c(C)c2/c1=C(\C#N)C1=Nc2ccccc2C1(C)C. The summed E-state index contributed by atoms with van der Waals surface area (Å²) in [6.07, 6.45) is 0. The van der Waals surface area contributed by atoms with Crippen LogP contribution in [0.2, 0.25) is 0 Å². The van der Waals surface area contributed by atoms with E-state index >= 15 is 0 Å². The van der Waals surface area contributed by atoms with Crippen LogP contribution < -0.4 is 10.7 Å². The molecule has 40 heavy (non-hydrogen) atoms. The van der Waals surface area contributed by atoms with E-state index < -0.39 is 10.8 Å². The van der Waals surface area contributed by atoms with E-state index in [1.54, 1.807) is 0 Å². The van der Waals surface area contributed by atoms with Gasteiger partial charge < -0.3 is 8.96 Å². The van der Waals surface area contributed by atoms with E-state index in [9.17, 15) is 10.5 Å². The second kappa shape index (κ2) is 8.47. The van der Waals surface area contributed by atoms with Crippen LogP contribution in [-0.2, 0) is 10.8 Å². The van der Waals surface area contributed by atoms with Crippen LogP contribution in [0.25, 0.3) is 21.9 Å². The maximum absolute atomic E-state index is 10.6. The smallest absolute Gasteiger partial charge is 0.223 e. The molecule has 0 fully saturated rings. The third-order valence-electron chi connectivity index (χ3n) is 9.10. The molecule has 0 aliphatic carbocycles. The second-order valence-electron chi connectivity index (χ2n) is 11.9. The van der Waals surface area contributed by atoms with Gasteiger partial charge in [0.2, 0.25) is 16.0 Å². The molecule has 0 saturated carbocycles. The summed E-state index contributed by atoms with van der Waals surface area (Å²) in [4.78, 5) is 9.97. The van der Waals surface area contributed by atoms with Crippen molar-refractivity contribution in [3.8, 4) is 12.1 Å². The first kappa shape index (κ1) is 25.7. The first-order chi connectivity index (χ1) is 19.0. The summed E-state index contributed by atoms with van der Waals surface area (Å²) in [5.74, 6) is 0. The van der Waals surface area contributed by atoms with E-state index in [1.807, 2.05) is 52.4 Å². The molecular weight excluding hydrogens is 490 g/mol. The standard InChI is InChI=1S/C32H30B2N6/c1-17-25-26(28(39(17)33)20(16-36)30-32(5,6)22-12-8-10-14-24(22)38-30)18(2)40(34)27(25)19(15-35)29-31(3,4)21-11-7-9-13-23(21)37-29/h7-14H,33-34H2,1-6H3/b27-19-,28-20-. The molecule has 0 saturated heterocycles. The highest BCUT2D eigenvalue weighted by Gasteiger charge is 2.39. The molecule has 6 nitrogen and oxygen atoms in total. The molecule has 2 aliphatic rings. The summed E-state index contributed by atoms with van der Waals surface area (Å²) in [7, 11) is 4.00. The van der Waals surface area contributed by atoms with Crippen molar-refractivity contribution in [2.75, 3.05) is 0 Å². The van der Waals surface area contributed by atoms with Gasteiger partial charge in [0.15, 0.2) is 0 Å². The molecule has 4 heterocycles. The van der Waals surface area contributed by atoms with Crippen molar-refractivity contribution < 1.29 is 0 Å². The van der Waals surface area contributed by atoms with E-state index in [4.69, 9.17) is 9.98 Å². The van der Waals surface area contributed by atoms with Gasteiger partial charge >= 0.3 is 0 Å². The number of hydrogen-bond acceptors (Lipinski definition) is 4. The van der Waals surface area contributed by atoms with Crippen LogP contribution in [0.1, 0.15) is 50.2 Å². The van der Waals surface area contributed by atoms with Gasteiger partial charge in [0, 0.05) is 33.0 Å². The Balaban J connectivity index is 1.74. The lowest BCUT2D eigenvalue weighted by Crippen LogP contribution is -2.32. The van der Waals surface area contributed by atoms with Gasteiger partial charge in [0.25, 0.3) is 0 Å². The van der Waals surface area contributed by atoms with Gasteiger partial charge in [-0.25, -0.2) is 0 Å². The van der Waals surface area contributed by atoms with Gasteiger partial charge in [-0.2, -0.15) is 10.5 Å². The summed E-state index contributed by atoms with van der Waals surface area (Å²) < 4.78 is 4.18. The van der Waals surface area contributed by atoms with E-state index in [0.29, 0.717) is 11.1 Å². The van der Waals surface area contributed by atoms with E-state index in [0.717, 1.165) is 66.8 Å². The van der Waals surface area contributed by atoms with Crippen molar-refractivity contribution in [3.05, 3.63) is 81.7 Å². The molecule has 194 valence electrons. The molecule has 0 N–H and O–H groups in total. The maximum Gasteiger partial charge on any atom is 0.223 e. The molecule has 2 aromatic carbocycles. The molecule has 4 aromatic rings. The van der Waals surface area contributed by atoms with Crippen molar-refractivity contribution in [1.29, 1.82) is 10.5 Å². The molecule has 0 radical (unpaired) electrons. The quantitative estimate of drug-likeness (QED) is 0.380. The molecule has 0 bridgehead atoms. The fraction of sp³-hybridized carbons (Fsp3) is 0.250. The van der Waals surface area contributed by atoms with Gasteiger partial charge in [-0.1, -0.05) is 64.1 Å². The number of hydrogen-bond donors (Lipinski definition) is 0.